The SMILES string of the molecule is CCOC(COC(=O)c1cccc2ccccc12)Oc1ccc(C(C)CC)cc1. The summed E-state index contributed by atoms with van der Waals surface area (Å²) in [6.07, 6.45) is 0.430. The zero-order chi connectivity index (χ0) is 20.6. The summed E-state index contributed by atoms with van der Waals surface area (Å²) in [4.78, 5) is 12.6. The molecule has 3 aromatic carbocycles. The third-order valence-corrected chi connectivity index (χ3v) is 5.04. The lowest BCUT2D eigenvalue weighted by Crippen LogP contribution is -2.28. The normalized spacial score (nSPS) is 13.1. The molecule has 4 nitrogen and oxygen atoms in total. The van der Waals surface area contributed by atoms with Crippen LogP contribution in [-0.4, -0.2) is 25.5 Å². The van der Waals surface area contributed by atoms with Crippen molar-refractivity contribution >= 4 is 16.7 Å². The second-order valence-corrected chi connectivity index (χ2v) is 7.01. The number of benzene rings is 3. The molecule has 4 heteroatoms. The molecule has 0 aliphatic carbocycles. The van der Waals surface area contributed by atoms with Gasteiger partial charge in [-0.25, -0.2) is 4.79 Å². The Bertz CT molecular complexity index is 928. The maximum absolute atomic E-state index is 12.6. The molecular weight excluding hydrogens is 364 g/mol. The molecule has 29 heavy (non-hydrogen) atoms. The Morgan fingerprint density at radius 3 is 2.38 bits per heavy atom. The summed E-state index contributed by atoms with van der Waals surface area (Å²) in [5, 5.41) is 1.87. The van der Waals surface area contributed by atoms with Crippen LogP contribution in [-0.2, 0) is 9.47 Å². The van der Waals surface area contributed by atoms with E-state index in [9.17, 15) is 4.79 Å². The number of rotatable bonds is 9. The van der Waals surface area contributed by atoms with Crippen molar-refractivity contribution in [3.63, 3.8) is 0 Å². The minimum absolute atomic E-state index is 0.0169. The summed E-state index contributed by atoms with van der Waals surface area (Å²) in [5.74, 6) is 0.812. The van der Waals surface area contributed by atoms with Gasteiger partial charge in [0.2, 0.25) is 6.29 Å². The molecule has 0 fully saturated rings. The number of esters is 1. The van der Waals surface area contributed by atoms with E-state index in [1.807, 2.05) is 55.5 Å². The highest BCUT2D eigenvalue weighted by molar-refractivity contribution is 6.04. The second kappa shape index (κ2) is 10.1. The average molecular weight is 392 g/mol. The monoisotopic (exact) mass is 392 g/mol. The zero-order valence-electron chi connectivity index (χ0n) is 17.3. The smallest absolute Gasteiger partial charge is 0.338 e. The molecule has 0 aliphatic rings. The summed E-state index contributed by atoms with van der Waals surface area (Å²) < 4.78 is 17.0. The molecule has 0 spiro atoms. The Kier molecular flexibility index (Phi) is 7.25. The van der Waals surface area contributed by atoms with E-state index in [0.29, 0.717) is 23.8 Å². The highest BCUT2D eigenvalue weighted by atomic mass is 16.7. The molecule has 0 heterocycles. The molecule has 2 unspecified atom stereocenters. The number of hydrogen-bond acceptors (Lipinski definition) is 4. The fourth-order valence-corrected chi connectivity index (χ4v) is 3.19. The maximum Gasteiger partial charge on any atom is 0.338 e. The molecule has 0 aliphatic heterocycles. The molecule has 0 saturated carbocycles. The number of hydrogen-bond donors (Lipinski definition) is 0. The lowest BCUT2D eigenvalue weighted by Gasteiger charge is -2.19. The Balaban J connectivity index is 1.65. The van der Waals surface area contributed by atoms with Crippen LogP contribution in [0.1, 0.15) is 49.0 Å². The van der Waals surface area contributed by atoms with Crippen molar-refractivity contribution in [1.29, 1.82) is 0 Å². The van der Waals surface area contributed by atoms with Crippen molar-refractivity contribution in [2.75, 3.05) is 13.2 Å². The van der Waals surface area contributed by atoms with E-state index in [0.717, 1.165) is 17.2 Å². The van der Waals surface area contributed by atoms with Crippen LogP contribution < -0.4 is 4.74 Å². The van der Waals surface area contributed by atoms with Crippen molar-refractivity contribution in [3.8, 4) is 5.75 Å². The van der Waals surface area contributed by atoms with Gasteiger partial charge >= 0.3 is 5.97 Å². The topological polar surface area (TPSA) is 44.8 Å². The Morgan fingerprint density at radius 2 is 1.66 bits per heavy atom. The zero-order valence-corrected chi connectivity index (χ0v) is 17.3. The second-order valence-electron chi connectivity index (χ2n) is 7.01. The first-order valence-electron chi connectivity index (χ1n) is 10.2. The van der Waals surface area contributed by atoms with E-state index >= 15 is 0 Å². The van der Waals surface area contributed by atoms with Crippen molar-refractivity contribution in [1.82, 2.24) is 0 Å². The molecule has 3 rings (SSSR count). The third kappa shape index (κ3) is 5.36. The van der Waals surface area contributed by atoms with Crippen LogP contribution in [0.3, 0.4) is 0 Å². The number of ether oxygens (including phenoxy) is 3. The molecule has 152 valence electrons. The van der Waals surface area contributed by atoms with E-state index in [4.69, 9.17) is 14.2 Å². The quantitative estimate of drug-likeness (QED) is 0.333. The van der Waals surface area contributed by atoms with Crippen molar-refractivity contribution < 1.29 is 19.0 Å². The van der Waals surface area contributed by atoms with Gasteiger partial charge in [-0.1, -0.05) is 62.4 Å². The van der Waals surface area contributed by atoms with E-state index in [-0.39, 0.29) is 12.6 Å². The lowest BCUT2D eigenvalue weighted by atomic mass is 9.99. The van der Waals surface area contributed by atoms with Crippen LogP contribution in [0.5, 0.6) is 5.75 Å². The van der Waals surface area contributed by atoms with Gasteiger partial charge in [-0.05, 0) is 53.8 Å². The fraction of sp³-hybridized carbons (Fsp3) is 0.320. The summed E-state index contributed by atoms with van der Waals surface area (Å²) in [7, 11) is 0. The van der Waals surface area contributed by atoms with Crippen LogP contribution in [0, 0.1) is 0 Å². The molecule has 0 bridgehead atoms. The number of carbonyl (C=O) groups excluding carboxylic acids is 1. The maximum atomic E-state index is 12.6. The molecular formula is C25H28O4. The molecule has 0 amide bonds. The fourth-order valence-electron chi connectivity index (χ4n) is 3.19. The molecule has 3 aromatic rings. The Morgan fingerprint density at radius 1 is 0.931 bits per heavy atom. The Hall–Kier alpha value is -2.85. The predicted molar refractivity (Wildman–Crippen MR) is 115 cm³/mol. The van der Waals surface area contributed by atoms with Gasteiger partial charge in [0.15, 0.2) is 6.61 Å². The summed E-state index contributed by atoms with van der Waals surface area (Å²) in [6, 6.07) is 21.3. The van der Waals surface area contributed by atoms with Crippen LogP contribution in [0.15, 0.2) is 66.7 Å². The van der Waals surface area contributed by atoms with Gasteiger partial charge in [-0.15, -0.1) is 0 Å². The van der Waals surface area contributed by atoms with Gasteiger partial charge in [0.05, 0.1) is 5.56 Å². The van der Waals surface area contributed by atoms with Crippen molar-refractivity contribution in [2.24, 2.45) is 0 Å². The standard InChI is InChI=1S/C25H28O4/c1-4-18(3)19-13-15-21(16-14-19)29-24(27-5-2)17-28-25(26)23-12-8-10-20-9-6-7-11-22(20)23/h6-16,18,24H,4-5,17H2,1-3H3. The van der Waals surface area contributed by atoms with Gasteiger partial charge in [0, 0.05) is 6.61 Å². The van der Waals surface area contributed by atoms with E-state index in [1.165, 1.54) is 5.56 Å². The van der Waals surface area contributed by atoms with Crippen molar-refractivity contribution in [2.45, 2.75) is 39.4 Å². The first-order chi connectivity index (χ1) is 14.1. The highest BCUT2D eigenvalue weighted by Crippen LogP contribution is 2.23. The summed E-state index contributed by atoms with van der Waals surface area (Å²) in [5.41, 5.74) is 1.81. The lowest BCUT2D eigenvalue weighted by molar-refractivity contribution is -0.106. The highest BCUT2D eigenvalue weighted by Gasteiger charge is 2.17. The summed E-state index contributed by atoms with van der Waals surface area (Å²) in [6.45, 7) is 6.73. The van der Waals surface area contributed by atoms with Crippen LogP contribution >= 0.6 is 0 Å². The van der Waals surface area contributed by atoms with E-state index in [2.05, 4.69) is 26.0 Å². The van der Waals surface area contributed by atoms with Gasteiger partial charge in [-0.2, -0.15) is 0 Å². The van der Waals surface area contributed by atoms with Gasteiger partial charge < -0.3 is 14.2 Å². The molecule has 0 saturated heterocycles. The summed E-state index contributed by atoms with van der Waals surface area (Å²) >= 11 is 0. The van der Waals surface area contributed by atoms with Gasteiger partial charge in [0.1, 0.15) is 5.75 Å². The van der Waals surface area contributed by atoms with Gasteiger partial charge in [-0.3, -0.25) is 0 Å². The molecule has 0 aromatic heterocycles. The first-order valence-corrected chi connectivity index (χ1v) is 10.2. The molecule has 2 atom stereocenters. The third-order valence-electron chi connectivity index (χ3n) is 5.04. The minimum atomic E-state index is -0.659. The first kappa shape index (κ1) is 20.9. The molecule has 0 radical (unpaired) electrons. The molecule has 0 N–H and O–H groups in total. The minimum Gasteiger partial charge on any atom is -0.461 e. The van der Waals surface area contributed by atoms with E-state index in [1.54, 1.807) is 6.07 Å². The average Bonchev–Trinajstić information content (AvgIpc) is 2.77. The Labute approximate surface area is 172 Å². The van der Waals surface area contributed by atoms with Crippen LogP contribution in [0.4, 0.5) is 0 Å². The number of carbonyl (C=O) groups is 1. The van der Waals surface area contributed by atoms with Gasteiger partial charge in [0.25, 0.3) is 0 Å². The van der Waals surface area contributed by atoms with Crippen LogP contribution in [0.25, 0.3) is 10.8 Å². The van der Waals surface area contributed by atoms with Crippen molar-refractivity contribution in [3.05, 3.63) is 77.9 Å². The number of fused-ring (bicyclic) bond motifs is 1. The predicted octanol–water partition coefficient (Wildman–Crippen LogP) is 5.95. The van der Waals surface area contributed by atoms with Crippen LogP contribution in [0.2, 0.25) is 0 Å². The largest absolute Gasteiger partial charge is 0.461 e. The van der Waals surface area contributed by atoms with E-state index < -0.39 is 6.29 Å².